The lowest BCUT2D eigenvalue weighted by Gasteiger charge is -2.17. The summed E-state index contributed by atoms with van der Waals surface area (Å²) < 4.78 is 2.02. The van der Waals surface area contributed by atoms with Crippen molar-refractivity contribution in [3.63, 3.8) is 0 Å². The Bertz CT molecular complexity index is 617. The molecule has 2 heterocycles. The van der Waals surface area contributed by atoms with Crippen molar-refractivity contribution < 1.29 is 0 Å². The van der Waals surface area contributed by atoms with Crippen molar-refractivity contribution in [2.75, 3.05) is 0 Å². The molecule has 0 aromatic carbocycles. The molecular formula is C15H18N4. The maximum Gasteiger partial charge on any atom is 0.138 e. The van der Waals surface area contributed by atoms with E-state index < -0.39 is 0 Å². The van der Waals surface area contributed by atoms with Crippen LogP contribution in [-0.4, -0.2) is 15.4 Å². The molecule has 1 N–H and O–H groups in total. The van der Waals surface area contributed by atoms with Gasteiger partial charge in [-0.05, 0) is 31.9 Å². The van der Waals surface area contributed by atoms with Gasteiger partial charge >= 0.3 is 0 Å². The van der Waals surface area contributed by atoms with Crippen molar-refractivity contribution in [3.8, 4) is 6.07 Å². The first kappa shape index (κ1) is 12.2. The van der Waals surface area contributed by atoms with Crippen LogP contribution < -0.4 is 5.32 Å². The highest BCUT2D eigenvalue weighted by atomic mass is 15.1. The van der Waals surface area contributed by atoms with Gasteiger partial charge in [-0.1, -0.05) is 18.9 Å². The van der Waals surface area contributed by atoms with Gasteiger partial charge in [-0.2, -0.15) is 5.26 Å². The maximum absolute atomic E-state index is 9.49. The Morgan fingerprint density at radius 3 is 2.95 bits per heavy atom. The number of nitriles is 1. The molecule has 4 heteroatoms. The minimum absolute atomic E-state index is 0.277. The largest absolute Gasteiger partial charge is 0.301 e. The van der Waals surface area contributed by atoms with E-state index in [0.29, 0.717) is 6.04 Å². The van der Waals surface area contributed by atoms with Gasteiger partial charge in [0.15, 0.2) is 0 Å². The predicted octanol–water partition coefficient (Wildman–Crippen LogP) is 2.74. The average Bonchev–Trinajstić information content (AvgIpc) is 3.02. The van der Waals surface area contributed by atoms with Crippen LogP contribution in [0.5, 0.6) is 0 Å². The maximum atomic E-state index is 9.49. The summed E-state index contributed by atoms with van der Waals surface area (Å²) in [5.74, 6) is 0. The number of hydrogen-bond donors (Lipinski definition) is 1. The molecule has 98 valence electrons. The van der Waals surface area contributed by atoms with E-state index in [2.05, 4.69) is 16.4 Å². The van der Waals surface area contributed by atoms with E-state index in [1.54, 1.807) is 0 Å². The molecule has 3 rings (SSSR count). The summed E-state index contributed by atoms with van der Waals surface area (Å²) in [6, 6.07) is 8.50. The second-order valence-electron chi connectivity index (χ2n) is 5.22. The fourth-order valence-corrected chi connectivity index (χ4v) is 2.99. The highest BCUT2D eigenvalue weighted by molar-refractivity contribution is 5.44. The third kappa shape index (κ3) is 2.22. The molecule has 1 aliphatic rings. The van der Waals surface area contributed by atoms with E-state index in [0.717, 1.165) is 17.0 Å². The van der Waals surface area contributed by atoms with Crippen LogP contribution >= 0.6 is 0 Å². The molecule has 2 aromatic heterocycles. The molecule has 1 atom stereocenters. The standard InChI is InChI=1S/C15H18N4/c1-11-15(19-9-5-4-8-14(19)17-11)13(10-16)18-12-6-2-3-7-12/h4-5,8-9,12-13,18H,2-3,6-7H2,1H3. The molecular weight excluding hydrogens is 236 g/mol. The molecule has 1 unspecified atom stereocenters. The number of pyridine rings is 1. The van der Waals surface area contributed by atoms with Crippen LogP contribution in [0.4, 0.5) is 0 Å². The zero-order valence-corrected chi connectivity index (χ0v) is 11.1. The van der Waals surface area contributed by atoms with Crippen molar-refractivity contribution in [2.24, 2.45) is 0 Å². The molecule has 0 spiro atoms. The van der Waals surface area contributed by atoms with Crippen LogP contribution in [0.2, 0.25) is 0 Å². The summed E-state index contributed by atoms with van der Waals surface area (Å²) in [7, 11) is 0. The Morgan fingerprint density at radius 1 is 1.42 bits per heavy atom. The van der Waals surface area contributed by atoms with Gasteiger partial charge in [-0.25, -0.2) is 4.98 Å². The highest BCUT2D eigenvalue weighted by Gasteiger charge is 2.24. The number of aryl methyl sites for hydroxylation is 1. The number of nitrogens with zero attached hydrogens (tertiary/aromatic N) is 3. The Balaban J connectivity index is 1.96. The zero-order chi connectivity index (χ0) is 13.2. The van der Waals surface area contributed by atoms with Gasteiger partial charge < -0.3 is 4.40 Å². The fraction of sp³-hybridized carbons (Fsp3) is 0.467. The summed E-state index contributed by atoms with van der Waals surface area (Å²) >= 11 is 0. The molecule has 19 heavy (non-hydrogen) atoms. The summed E-state index contributed by atoms with van der Waals surface area (Å²) in [6.45, 7) is 1.98. The topological polar surface area (TPSA) is 53.1 Å². The predicted molar refractivity (Wildman–Crippen MR) is 73.7 cm³/mol. The van der Waals surface area contributed by atoms with Gasteiger partial charge in [0.25, 0.3) is 0 Å². The Kier molecular flexibility index (Phi) is 3.22. The Morgan fingerprint density at radius 2 is 2.21 bits per heavy atom. The smallest absolute Gasteiger partial charge is 0.138 e. The number of hydrogen-bond acceptors (Lipinski definition) is 3. The Hall–Kier alpha value is -1.86. The van der Waals surface area contributed by atoms with Crippen molar-refractivity contribution in [3.05, 3.63) is 35.8 Å². The molecule has 1 saturated carbocycles. The highest BCUT2D eigenvalue weighted by Crippen LogP contribution is 2.24. The van der Waals surface area contributed by atoms with Gasteiger partial charge in [-0.15, -0.1) is 0 Å². The van der Waals surface area contributed by atoms with Gasteiger partial charge in [0.2, 0.25) is 0 Å². The average molecular weight is 254 g/mol. The van der Waals surface area contributed by atoms with Crippen LogP contribution in [0.1, 0.15) is 43.1 Å². The molecule has 0 amide bonds. The van der Waals surface area contributed by atoms with Crippen molar-refractivity contribution in [2.45, 2.75) is 44.7 Å². The van der Waals surface area contributed by atoms with Crippen LogP contribution in [0, 0.1) is 18.3 Å². The summed E-state index contributed by atoms with van der Waals surface area (Å²) in [5, 5.41) is 13.0. The summed E-state index contributed by atoms with van der Waals surface area (Å²) in [4.78, 5) is 4.53. The van der Waals surface area contributed by atoms with E-state index >= 15 is 0 Å². The van der Waals surface area contributed by atoms with Crippen LogP contribution in [0.3, 0.4) is 0 Å². The number of aromatic nitrogens is 2. The van der Waals surface area contributed by atoms with Crippen molar-refractivity contribution in [1.82, 2.24) is 14.7 Å². The zero-order valence-electron chi connectivity index (χ0n) is 11.1. The quantitative estimate of drug-likeness (QED) is 0.916. The van der Waals surface area contributed by atoms with E-state index in [-0.39, 0.29) is 6.04 Å². The number of rotatable bonds is 3. The fourth-order valence-electron chi connectivity index (χ4n) is 2.99. The van der Waals surface area contributed by atoms with Gasteiger partial charge in [0.1, 0.15) is 11.7 Å². The first-order valence-corrected chi connectivity index (χ1v) is 6.89. The molecule has 1 aliphatic carbocycles. The van der Waals surface area contributed by atoms with Gasteiger partial charge in [-0.3, -0.25) is 5.32 Å². The van der Waals surface area contributed by atoms with Crippen molar-refractivity contribution in [1.29, 1.82) is 5.26 Å². The Labute approximate surface area is 113 Å². The molecule has 1 fully saturated rings. The lowest BCUT2D eigenvalue weighted by atomic mass is 10.1. The summed E-state index contributed by atoms with van der Waals surface area (Å²) in [5.41, 5.74) is 2.82. The lowest BCUT2D eigenvalue weighted by molar-refractivity contribution is 0.484. The third-order valence-corrected chi connectivity index (χ3v) is 3.91. The van der Waals surface area contributed by atoms with Gasteiger partial charge in [0.05, 0.1) is 17.5 Å². The normalized spacial score (nSPS) is 17.7. The van der Waals surface area contributed by atoms with Crippen LogP contribution in [0.25, 0.3) is 5.65 Å². The molecule has 0 aliphatic heterocycles. The molecule has 0 bridgehead atoms. The van der Waals surface area contributed by atoms with E-state index in [1.165, 1.54) is 25.7 Å². The van der Waals surface area contributed by atoms with Crippen molar-refractivity contribution >= 4 is 5.65 Å². The van der Waals surface area contributed by atoms with Crippen LogP contribution in [-0.2, 0) is 0 Å². The monoisotopic (exact) mass is 254 g/mol. The first-order valence-electron chi connectivity index (χ1n) is 6.89. The first-order chi connectivity index (χ1) is 9.29. The number of imidazole rings is 1. The van der Waals surface area contributed by atoms with Gasteiger partial charge in [0, 0.05) is 12.2 Å². The molecule has 0 radical (unpaired) electrons. The second kappa shape index (κ2) is 5.02. The van der Waals surface area contributed by atoms with E-state index in [4.69, 9.17) is 0 Å². The van der Waals surface area contributed by atoms with Crippen LogP contribution in [0.15, 0.2) is 24.4 Å². The lowest BCUT2D eigenvalue weighted by Crippen LogP contribution is -2.30. The molecule has 2 aromatic rings. The number of nitrogens with one attached hydrogen (secondary N) is 1. The van der Waals surface area contributed by atoms with E-state index in [1.807, 2.05) is 35.7 Å². The molecule has 0 saturated heterocycles. The number of fused-ring (bicyclic) bond motifs is 1. The third-order valence-electron chi connectivity index (χ3n) is 3.91. The summed E-state index contributed by atoms with van der Waals surface area (Å²) in [6.07, 6.45) is 6.86. The van der Waals surface area contributed by atoms with E-state index in [9.17, 15) is 5.26 Å². The SMILES string of the molecule is Cc1nc2ccccn2c1C(C#N)NC1CCCC1. The minimum Gasteiger partial charge on any atom is -0.301 e. The second-order valence-corrected chi connectivity index (χ2v) is 5.22. The molecule has 4 nitrogen and oxygen atoms in total. The minimum atomic E-state index is -0.277.